The topological polar surface area (TPSA) is 54.3 Å². The van der Waals surface area contributed by atoms with Crippen LogP contribution in [0.2, 0.25) is 0 Å². The van der Waals surface area contributed by atoms with Crippen molar-refractivity contribution in [3.8, 4) is 0 Å². The SMILES string of the molecule is CC1CC2(CCNCC2)CN1C(=O)CCn1ccccc1=O. The van der Waals surface area contributed by atoms with Crippen LogP contribution >= 0.6 is 0 Å². The molecule has 0 radical (unpaired) electrons. The van der Waals surface area contributed by atoms with Crippen molar-refractivity contribution in [3.05, 3.63) is 34.7 Å². The molecule has 2 fully saturated rings. The quantitative estimate of drug-likeness (QED) is 0.914. The van der Waals surface area contributed by atoms with Crippen LogP contribution in [-0.2, 0) is 11.3 Å². The number of pyridine rings is 1. The molecule has 0 aliphatic carbocycles. The number of piperidine rings is 1. The van der Waals surface area contributed by atoms with Gasteiger partial charge in [0.15, 0.2) is 0 Å². The first-order valence-electron chi connectivity index (χ1n) is 8.25. The maximum Gasteiger partial charge on any atom is 0.250 e. The van der Waals surface area contributed by atoms with Crippen molar-refractivity contribution >= 4 is 5.91 Å². The van der Waals surface area contributed by atoms with Crippen molar-refractivity contribution in [1.29, 1.82) is 0 Å². The van der Waals surface area contributed by atoms with Crippen LogP contribution in [0.5, 0.6) is 0 Å². The maximum absolute atomic E-state index is 12.6. The van der Waals surface area contributed by atoms with Gasteiger partial charge in [-0.3, -0.25) is 9.59 Å². The van der Waals surface area contributed by atoms with Crippen molar-refractivity contribution in [2.45, 2.75) is 45.2 Å². The van der Waals surface area contributed by atoms with Gasteiger partial charge in [-0.05, 0) is 50.8 Å². The highest BCUT2D eigenvalue weighted by Gasteiger charge is 2.44. The molecule has 0 aromatic carbocycles. The van der Waals surface area contributed by atoms with Crippen LogP contribution in [0.1, 0.15) is 32.6 Å². The fourth-order valence-electron chi connectivity index (χ4n) is 3.98. The number of nitrogens with zero attached hydrogens (tertiary/aromatic N) is 2. The zero-order chi connectivity index (χ0) is 15.6. The minimum atomic E-state index is -0.0420. The van der Waals surface area contributed by atoms with Crippen molar-refractivity contribution in [1.82, 2.24) is 14.8 Å². The van der Waals surface area contributed by atoms with Gasteiger partial charge in [-0.15, -0.1) is 0 Å². The molecule has 1 spiro atoms. The number of aryl methyl sites for hydroxylation is 1. The van der Waals surface area contributed by atoms with Gasteiger partial charge in [-0.25, -0.2) is 0 Å². The number of aromatic nitrogens is 1. The third kappa shape index (κ3) is 3.09. The van der Waals surface area contributed by atoms with Gasteiger partial charge in [0.25, 0.3) is 5.56 Å². The molecule has 2 saturated heterocycles. The highest BCUT2D eigenvalue weighted by atomic mass is 16.2. The molecule has 1 amide bonds. The van der Waals surface area contributed by atoms with Crippen LogP contribution in [0.15, 0.2) is 29.2 Å². The van der Waals surface area contributed by atoms with E-state index in [-0.39, 0.29) is 11.5 Å². The molecule has 5 heteroatoms. The Kier molecular flexibility index (Phi) is 4.34. The van der Waals surface area contributed by atoms with Crippen LogP contribution < -0.4 is 10.9 Å². The Morgan fingerprint density at radius 2 is 2.14 bits per heavy atom. The molecule has 5 nitrogen and oxygen atoms in total. The van der Waals surface area contributed by atoms with Gasteiger partial charge >= 0.3 is 0 Å². The fourth-order valence-corrected chi connectivity index (χ4v) is 3.98. The predicted molar refractivity (Wildman–Crippen MR) is 85.6 cm³/mol. The van der Waals surface area contributed by atoms with E-state index in [0.717, 1.165) is 26.1 Å². The van der Waals surface area contributed by atoms with Gasteiger partial charge in [0.05, 0.1) is 0 Å². The highest BCUT2D eigenvalue weighted by molar-refractivity contribution is 5.76. The van der Waals surface area contributed by atoms with E-state index in [4.69, 9.17) is 0 Å². The van der Waals surface area contributed by atoms with Gasteiger partial charge < -0.3 is 14.8 Å². The molecule has 0 saturated carbocycles. The lowest BCUT2D eigenvalue weighted by Gasteiger charge is -2.33. The second kappa shape index (κ2) is 6.24. The van der Waals surface area contributed by atoms with E-state index >= 15 is 0 Å². The van der Waals surface area contributed by atoms with E-state index in [1.165, 1.54) is 18.9 Å². The number of nitrogens with one attached hydrogen (secondary N) is 1. The van der Waals surface area contributed by atoms with Gasteiger partial charge in [0.1, 0.15) is 0 Å². The summed E-state index contributed by atoms with van der Waals surface area (Å²) in [6.45, 7) is 5.64. The normalized spacial score (nSPS) is 23.9. The summed E-state index contributed by atoms with van der Waals surface area (Å²) in [5.74, 6) is 0.179. The summed E-state index contributed by atoms with van der Waals surface area (Å²) in [6, 6.07) is 5.41. The van der Waals surface area contributed by atoms with Crippen LogP contribution in [0, 0.1) is 5.41 Å². The van der Waals surface area contributed by atoms with Crippen molar-refractivity contribution in [3.63, 3.8) is 0 Å². The average molecular weight is 303 g/mol. The molecule has 120 valence electrons. The second-order valence-electron chi connectivity index (χ2n) is 6.81. The molecule has 1 aromatic rings. The number of hydrogen-bond acceptors (Lipinski definition) is 3. The molecule has 3 heterocycles. The summed E-state index contributed by atoms with van der Waals surface area (Å²) in [5, 5.41) is 3.41. The lowest BCUT2D eigenvalue weighted by molar-refractivity contribution is -0.132. The van der Waals surface area contributed by atoms with Crippen LogP contribution in [0.3, 0.4) is 0 Å². The third-order valence-electron chi connectivity index (χ3n) is 5.22. The highest BCUT2D eigenvalue weighted by Crippen LogP contribution is 2.41. The minimum absolute atomic E-state index is 0.0420. The molecule has 3 rings (SSSR count). The van der Waals surface area contributed by atoms with Gasteiger partial charge in [-0.1, -0.05) is 6.07 Å². The Morgan fingerprint density at radius 3 is 2.86 bits per heavy atom. The monoisotopic (exact) mass is 303 g/mol. The Morgan fingerprint density at radius 1 is 1.36 bits per heavy atom. The van der Waals surface area contributed by atoms with Gasteiger partial charge in [-0.2, -0.15) is 0 Å². The van der Waals surface area contributed by atoms with E-state index < -0.39 is 0 Å². The molecular formula is C17H25N3O2. The fraction of sp³-hybridized carbons (Fsp3) is 0.647. The number of amides is 1. The molecule has 1 atom stereocenters. The minimum Gasteiger partial charge on any atom is -0.339 e. The molecule has 1 N–H and O–H groups in total. The molecule has 1 aromatic heterocycles. The maximum atomic E-state index is 12.6. The van der Waals surface area contributed by atoms with Crippen molar-refractivity contribution < 1.29 is 4.79 Å². The number of rotatable bonds is 3. The third-order valence-corrected chi connectivity index (χ3v) is 5.22. The van der Waals surface area contributed by atoms with Gasteiger partial charge in [0.2, 0.25) is 5.91 Å². The lowest BCUT2D eigenvalue weighted by Crippen LogP contribution is -2.40. The lowest BCUT2D eigenvalue weighted by atomic mass is 9.77. The molecule has 2 aliphatic rings. The summed E-state index contributed by atoms with van der Waals surface area (Å²) in [6.07, 6.45) is 5.60. The van der Waals surface area contributed by atoms with Crippen molar-refractivity contribution in [2.75, 3.05) is 19.6 Å². The van der Waals surface area contributed by atoms with Crippen LogP contribution in [0.4, 0.5) is 0 Å². The smallest absolute Gasteiger partial charge is 0.250 e. The summed E-state index contributed by atoms with van der Waals surface area (Å²) < 4.78 is 1.61. The predicted octanol–water partition coefficient (Wildman–Crippen LogP) is 1.23. The molecule has 22 heavy (non-hydrogen) atoms. The van der Waals surface area contributed by atoms with E-state index in [1.54, 1.807) is 16.8 Å². The Bertz CT molecular complexity index is 590. The Hall–Kier alpha value is -1.62. The first-order valence-corrected chi connectivity index (χ1v) is 8.25. The number of carbonyl (C=O) groups excluding carboxylic acids is 1. The molecular weight excluding hydrogens is 278 g/mol. The Balaban J connectivity index is 1.60. The summed E-state index contributed by atoms with van der Waals surface area (Å²) in [5.41, 5.74) is 0.281. The standard InChI is InChI=1S/C17H25N3O2/c1-14-12-17(6-8-18-9-7-17)13-20(14)16(22)5-11-19-10-3-2-4-15(19)21/h2-4,10,14,18H,5-9,11-13H2,1H3. The molecule has 2 aliphatic heterocycles. The Labute approximate surface area is 131 Å². The zero-order valence-corrected chi connectivity index (χ0v) is 13.3. The number of likely N-dealkylation sites (tertiary alicyclic amines) is 1. The van der Waals surface area contributed by atoms with Gasteiger partial charge in [0, 0.05) is 37.8 Å². The van der Waals surface area contributed by atoms with Crippen molar-refractivity contribution in [2.24, 2.45) is 5.41 Å². The van der Waals surface area contributed by atoms with E-state index in [0.29, 0.717) is 24.4 Å². The zero-order valence-electron chi connectivity index (χ0n) is 13.3. The summed E-state index contributed by atoms with van der Waals surface area (Å²) in [7, 11) is 0. The van der Waals surface area contributed by atoms with E-state index in [2.05, 4.69) is 12.2 Å². The largest absolute Gasteiger partial charge is 0.339 e. The average Bonchev–Trinajstić information content (AvgIpc) is 2.83. The van der Waals surface area contributed by atoms with E-state index in [9.17, 15) is 9.59 Å². The first-order chi connectivity index (χ1) is 10.6. The van der Waals surface area contributed by atoms with Crippen LogP contribution in [0.25, 0.3) is 0 Å². The van der Waals surface area contributed by atoms with E-state index in [1.807, 2.05) is 11.0 Å². The number of carbonyl (C=O) groups is 1. The van der Waals surface area contributed by atoms with Crippen LogP contribution in [-0.4, -0.2) is 41.1 Å². The second-order valence-corrected chi connectivity index (χ2v) is 6.81. The number of hydrogen-bond donors (Lipinski definition) is 1. The summed E-state index contributed by atoms with van der Waals surface area (Å²) >= 11 is 0. The molecule has 0 bridgehead atoms. The summed E-state index contributed by atoms with van der Waals surface area (Å²) in [4.78, 5) is 26.3. The first kappa shape index (κ1) is 15.3. The molecule has 1 unspecified atom stereocenters.